The van der Waals surface area contributed by atoms with Crippen LogP contribution in [-0.4, -0.2) is 132 Å². The Morgan fingerprint density at radius 3 is 2.20 bits per heavy atom. The van der Waals surface area contributed by atoms with Crippen LogP contribution in [0.25, 0.3) is 0 Å². The number of esters is 2. The number of hydrogen-bond donors (Lipinski definition) is 3. The first-order chi connectivity index (χ1) is 27.9. The molecule has 3 fully saturated rings. The third kappa shape index (κ3) is 12.0. The van der Waals surface area contributed by atoms with Crippen molar-refractivity contribution in [2.45, 2.75) is 180 Å². The quantitative estimate of drug-likeness (QED) is 0.234. The molecule has 2 bridgehead atoms. The first-order valence-corrected chi connectivity index (χ1v) is 21.8. The Labute approximate surface area is 351 Å². The molecule has 4 rings (SSSR count). The Balaban J connectivity index is 1.75. The highest BCUT2D eigenvalue weighted by molar-refractivity contribution is 5.88. The van der Waals surface area contributed by atoms with Gasteiger partial charge < -0.3 is 48.6 Å². The lowest BCUT2D eigenvalue weighted by Gasteiger charge is -2.49. The zero-order chi connectivity index (χ0) is 43.8. The van der Waals surface area contributed by atoms with Gasteiger partial charge in [-0.05, 0) is 95.5 Å². The number of hydrogen-bond acceptors (Lipinski definition) is 13. The Bertz CT molecular complexity index is 1500. The van der Waals surface area contributed by atoms with Crippen molar-refractivity contribution in [1.29, 1.82) is 0 Å². The Hall–Kier alpha value is -2.72. The molecule has 14 nitrogen and oxygen atoms in total. The van der Waals surface area contributed by atoms with Gasteiger partial charge in [0.2, 0.25) is 5.79 Å². The van der Waals surface area contributed by atoms with Crippen molar-refractivity contribution in [2.75, 3.05) is 27.9 Å². The van der Waals surface area contributed by atoms with Crippen molar-refractivity contribution in [2.24, 2.45) is 29.6 Å². The molecule has 336 valence electrons. The Kier molecular flexibility index (Phi) is 18.1. The van der Waals surface area contributed by atoms with E-state index in [1.54, 1.807) is 35.2 Å². The number of ketones is 1. The highest BCUT2D eigenvalue weighted by Gasteiger charge is 2.56. The number of nitrogens with zero attached hydrogens (tertiary/aromatic N) is 1. The maximum atomic E-state index is 14.4. The summed E-state index contributed by atoms with van der Waals surface area (Å²) in [6.45, 7) is 12.8. The van der Waals surface area contributed by atoms with E-state index >= 15 is 0 Å². The van der Waals surface area contributed by atoms with E-state index in [2.05, 4.69) is 6.92 Å². The second kappa shape index (κ2) is 21.9. The first-order valence-electron chi connectivity index (χ1n) is 21.8. The number of carbonyl (C=O) groups is 4. The summed E-state index contributed by atoms with van der Waals surface area (Å²) in [5.74, 6) is -6.26. The average molecular weight is 836 g/mol. The van der Waals surface area contributed by atoms with Gasteiger partial charge in [0.15, 0.2) is 6.10 Å². The molecule has 3 N–H and O–H groups in total. The summed E-state index contributed by atoms with van der Waals surface area (Å²) in [6.07, 6.45) is 2.18. The smallest absolute Gasteiger partial charge is 0.329 e. The Morgan fingerprint density at radius 2 is 1.58 bits per heavy atom. The number of ether oxygens (including phenoxy) is 6. The number of rotatable bonds is 7. The maximum absolute atomic E-state index is 14.4. The lowest BCUT2D eigenvalue weighted by atomic mass is 9.81. The number of aliphatic hydroxyl groups excluding tert-OH is 2. The topological polar surface area (TPSA) is 188 Å². The molecular weight excluding hydrogens is 762 g/mol. The molecule has 4 aliphatic rings. The Morgan fingerprint density at radius 1 is 0.915 bits per heavy atom. The average Bonchev–Trinajstić information content (AvgIpc) is 3.20. The van der Waals surface area contributed by atoms with E-state index in [0.717, 1.165) is 5.57 Å². The number of aliphatic hydroxyl groups is 3. The van der Waals surface area contributed by atoms with Gasteiger partial charge in [-0.2, -0.15) is 0 Å². The van der Waals surface area contributed by atoms with E-state index in [1.807, 2.05) is 32.9 Å². The van der Waals surface area contributed by atoms with Crippen molar-refractivity contribution in [3.8, 4) is 0 Å². The van der Waals surface area contributed by atoms with Crippen LogP contribution in [0.1, 0.15) is 119 Å². The molecule has 1 saturated carbocycles. The van der Waals surface area contributed by atoms with Gasteiger partial charge in [0.1, 0.15) is 30.1 Å². The minimum absolute atomic E-state index is 0.0260. The number of amides is 1. The molecule has 0 aromatic heterocycles. The molecule has 1 amide bonds. The van der Waals surface area contributed by atoms with E-state index in [4.69, 9.17) is 28.4 Å². The molecule has 1 unspecified atom stereocenters. The minimum Gasteiger partial charge on any atom is -0.460 e. The van der Waals surface area contributed by atoms with Crippen LogP contribution in [0.4, 0.5) is 0 Å². The highest BCUT2D eigenvalue weighted by Crippen LogP contribution is 2.40. The summed E-state index contributed by atoms with van der Waals surface area (Å²) in [5.41, 5.74) is 1.66. The van der Waals surface area contributed by atoms with E-state index in [0.29, 0.717) is 56.9 Å². The SMILES string of the molecule is CC[C@@H]1/C=C(\C)C[C@H](C)C[C@H](OC)[C@H]2O[C@](O)([C@H](C)C[C@@H]2OC)[C@@H](O)C(=O)N2CCCC[C@H]2C(=O)O[C@H](/C(C)=C/C2CC[C@@H](OC(C)=O)[C@H](OC)C2)[C@@H](C)[C@@H](O)CC1=O. The normalized spacial score (nSPS) is 41.2. The zero-order valence-electron chi connectivity index (χ0n) is 37.1. The second-order valence-corrected chi connectivity index (χ2v) is 17.9. The van der Waals surface area contributed by atoms with Gasteiger partial charge in [0.25, 0.3) is 5.91 Å². The van der Waals surface area contributed by atoms with Crippen molar-refractivity contribution in [3.63, 3.8) is 0 Å². The summed E-state index contributed by atoms with van der Waals surface area (Å²) in [4.78, 5) is 55.6. The standard InChI is InChI=1S/C45H73NO13/c1-11-32-19-25(2)18-26(3)20-38(55-9)41-39(56-10)22-28(5)45(53,59-41)42(50)43(51)46-17-13-12-14-33(46)44(52)58-40(29(6)34(48)24-35(32)49)27(4)21-31-15-16-36(57-30(7)47)37(23-31)54-8/h19,21,26,28-29,31-34,36-42,48,50,53H,11-18,20,22-24H2,1-10H3/b25-19+,27-21+/t26-,28+,29-,31?,32+,33-,34-,36+,37+,38-,39-,40+,41+,42-,45+/m0/s1. The third-order valence-corrected chi connectivity index (χ3v) is 13.4. The monoisotopic (exact) mass is 836 g/mol. The van der Waals surface area contributed by atoms with Crippen molar-refractivity contribution < 1.29 is 62.9 Å². The van der Waals surface area contributed by atoms with Crippen LogP contribution in [0, 0.1) is 29.6 Å². The number of carbonyl (C=O) groups excluding carboxylic acids is 4. The van der Waals surface area contributed by atoms with Gasteiger partial charge in [0, 0.05) is 59.0 Å². The van der Waals surface area contributed by atoms with Crippen molar-refractivity contribution in [3.05, 3.63) is 23.3 Å². The molecule has 2 saturated heterocycles. The fourth-order valence-electron chi connectivity index (χ4n) is 9.87. The van der Waals surface area contributed by atoms with Crippen molar-refractivity contribution >= 4 is 23.6 Å². The van der Waals surface area contributed by atoms with E-state index in [1.165, 1.54) is 11.8 Å². The van der Waals surface area contributed by atoms with Crippen LogP contribution in [0.2, 0.25) is 0 Å². The van der Waals surface area contributed by atoms with Gasteiger partial charge in [-0.3, -0.25) is 14.4 Å². The summed E-state index contributed by atoms with van der Waals surface area (Å²) in [7, 11) is 4.68. The lowest BCUT2D eigenvalue weighted by molar-refractivity contribution is -0.346. The van der Waals surface area contributed by atoms with Gasteiger partial charge in [0.05, 0.1) is 24.4 Å². The number of fused-ring (bicyclic) bond motifs is 3. The predicted molar refractivity (Wildman–Crippen MR) is 219 cm³/mol. The van der Waals surface area contributed by atoms with E-state index < -0.39 is 78.1 Å². The number of cyclic esters (lactones) is 1. The van der Waals surface area contributed by atoms with Gasteiger partial charge >= 0.3 is 11.9 Å². The molecule has 0 spiro atoms. The van der Waals surface area contributed by atoms with Crippen LogP contribution in [-0.2, 0) is 47.6 Å². The molecule has 3 aliphatic heterocycles. The molecule has 3 heterocycles. The van der Waals surface area contributed by atoms with Crippen molar-refractivity contribution in [1.82, 2.24) is 4.90 Å². The van der Waals surface area contributed by atoms with Crippen LogP contribution >= 0.6 is 0 Å². The molecule has 0 aromatic rings. The predicted octanol–water partition coefficient (Wildman–Crippen LogP) is 4.84. The van der Waals surface area contributed by atoms with Crippen LogP contribution in [0.3, 0.4) is 0 Å². The zero-order valence-corrected chi connectivity index (χ0v) is 37.1. The number of piperidine rings is 1. The fourth-order valence-corrected chi connectivity index (χ4v) is 9.87. The molecule has 59 heavy (non-hydrogen) atoms. The first kappa shape index (κ1) is 48.9. The number of Topliss-reactive ketones (excluding diaryl/α,β-unsaturated/α-hetero) is 1. The highest BCUT2D eigenvalue weighted by atomic mass is 16.7. The van der Waals surface area contributed by atoms with Crippen LogP contribution in [0.15, 0.2) is 23.3 Å². The van der Waals surface area contributed by atoms with Gasteiger partial charge in [-0.25, -0.2) is 4.79 Å². The maximum Gasteiger partial charge on any atom is 0.329 e. The minimum atomic E-state index is -2.32. The summed E-state index contributed by atoms with van der Waals surface area (Å²) in [6, 6.07) is -1.09. The van der Waals surface area contributed by atoms with Crippen LogP contribution in [0.5, 0.6) is 0 Å². The van der Waals surface area contributed by atoms with E-state index in [-0.39, 0.29) is 61.6 Å². The summed E-state index contributed by atoms with van der Waals surface area (Å²) < 4.78 is 35.7. The number of allylic oxidation sites excluding steroid dienone is 3. The molecule has 1 aliphatic carbocycles. The fraction of sp³-hybridized carbons (Fsp3) is 0.822. The molecule has 0 radical (unpaired) electrons. The van der Waals surface area contributed by atoms with Gasteiger partial charge in [-0.1, -0.05) is 45.4 Å². The summed E-state index contributed by atoms with van der Waals surface area (Å²) >= 11 is 0. The molecule has 15 atom stereocenters. The molecule has 14 heteroatoms. The lowest BCUT2D eigenvalue weighted by Crippen LogP contribution is -2.66. The molecular formula is C45H73NO13. The van der Waals surface area contributed by atoms with E-state index in [9.17, 15) is 34.5 Å². The second-order valence-electron chi connectivity index (χ2n) is 17.9. The number of methoxy groups -OCH3 is 3. The van der Waals surface area contributed by atoms with Gasteiger partial charge in [-0.15, -0.1) is 0 Å². The van der Waals surface area contributed by atoms with Crippen LogP contribution < -0.4 is 0 Å². The summed E-state index contributed by atoms with van der Waals surface area (Å²) in [5, 5.41) is 35.7. The molecule has 0 aromatic carbocycles. The largest absolute Gasteiger partial charge is 0.460 e. The third-order valence-electron chi connectivity index (χ3n) is 13.4.